The minimum Gasteiger partial charge on any atom is -0.369 e. The zero-order valence-corrected chi connectivity index (χ0v) is 18.4. The molecular weight excluding hydrogens is 390 g/mol. The Labute approximate surface area is 180 Å². The summed E-state index contributed by atoms with van der Waals surface area (Å²) in [5, 5.41) is 4.66. The predicted octanol–water partition coefficient (Wildman–Crippen LogP) is 2.42. The van der Waals surface area contributed by atoms with E-state index in [9.17, 15) is 4.79 Å². The number of rotatable bonds is 4. The predicted molar refractivity (Wildman–Crippen MR) is 122 cm³/mol. The average Bonchev–Trinajstić information content (AvgIpc) is 3.40. The molecular formula is C23H27N7O. The molecule has 1 atom stereocenters. The molecule has 0 radical (unpaired) electrons. The van der Waals surface area contributed by atoms with Crippen molar-refractivity contribution in [2.75, 3.05) is 32.1 Å². The molecule has 31 heavy (non-hydrogen) atoms. The molecule has 1 aliphatic rings. The molecule has 1 aliphatic heterocycles. The first-order valence-corrected chi connectivity index (χ1v) is 10.7. The third-order valence-electron chi connectivity index (χ3n) is 6.15. The van der Waals surface area contributed by atoms with E-state index >= 15 is 0 Å². The molecule has 0 aromatic carbocycles. The van der Waals surface area contributed by atoms with Gasteiger partial charge in [0.15, 0.2) is 0 Å². The number of pyridine rings is 1. The Morgan fingerprint density at radius 1 is 1.13 bits per heavy atom. The van der Waals surface area contributed by atoms with Crippen molar-refractivity contribution in [3.05, 3.63) is 58.4 Å². The van der Waals surface area contributed by atoms with Gasteiger partial charge in [0.25, 0.3) is 5.56 Å². The summed E-state index contributed by atoms with van der Waals surface area (Å²) < 4.78 is 3.46. The first-order valence-electron chi connectivity index (χ1n) is 10.7. The molecule has 0 aliphatic carbocycles. The van der Waals surface area contributed by atoms with Crippen molar-refractivity contribution >= 4 is 16.9 Å². The fourth-order valence-electron chi connectivity index (χ4n) is 4.38. The number of aromatic nitrogens is 5. The van der Waals surface area contributed by atoms with Gasteiger partial charge in [0.1, 0.15) is 11.3 Å². The average molecular weight is 418 g/mol. The topological polar surface area (TPSA) is 71.0 Å². The van der Waals surface area contributed by atoms with E-state index in [0.29, 0.717) is 23.1 Å². The van der Waals surface area contributed by atoms with Crippen molar-refractivity contribution in [2.45, 2.75) is 32.7 Å². The Bertz CT molecular complexity index is 1340. The summed E-state index contributed by atoms with van der Waals surface area (Å²) in [7, 11) is 4.23. The van der Waals surface area contributed by atoms with Gasteiger partial charge >= 0.3 is 0 Å². The van der Waals surface area contributed by atoms with Crippen LogP contribution < -0.4 is 10.5 Å². The second kappa shape index (κ2) is 7.46. The second-order valence-electron chi connectivity index (χ2n) is 8.49. The number of likely N-dealkylation sites (N-methyl/N-ethyl adjacent to an activating group) is 1. The lowest BCUT2D eigenvalue weighted by Crippen LogP contribution is -2.31. The molecule has 8 heteroatoms. The molecule has 0 amide bonds. The minimum atomic E-state index is -0.104. The molecule has 0 saturated carbocycles. The van der Waals surface area contributed by atoms with E-state index in [1.54, 1.807) is 10.5 Å². The van der Waals surface area contributed by atoms with Crippen LogP contribution in [0.2, 0.25) is 0 Å². The molecule has 5 heterocycles. The number of nitrogens with zero attached hydrogens (tertiary/aromatic N) is 7. The van der Waals surface area contributed by atoms with Gasteiger partial charge in [0.2, 0.25) is 0 Å². The van der Waals surface area contributed by atoms with Crippen molar-refractivity contribution in [1.29, 1.82) is 0 Å². The van der Waals surface area contributed by atoms with E-state index in [-0.39, 0.29) is 5.56 Å². The Morgan fingerprint density at radius 2 is 1.97 bits per heavy atom. The van der Waals surface area contributed by atoms with Crippen molar-refractivity contribution < 1.29 is 0 Å². The second-order valence-corrected chi connectivity index (χ2v) is 8.49. The molecule has 0 spiro atoms. The molecule has 1 fully saturated rings. The van der Waals surface area contributed by atoms with Gasteiger partial charge in [-0.15, -0.1) is 0 Å². The third-order valence-corrected chi connectivity index (χ3v) is 6.15. The Balaban J connectivity index is 1.54. The van der Waals surface area contributed by atoms with E-state index in [1.165, 1.54) is 0 Å². The molecule has 0 N–H and O–H groups in total. The summed E-state index contributed by atoms with van der Waals surface area (Å²) in [5.41, 5.74) is 5.68. The van der Waals surface area contributed by atoms with E-state index in [2.05, 4.69) is 47.0 Å². The Hall–Kier alpha value is -3.26. The van der Waals surface area contributed by atoms with Crippen LogP contribution in [0.5, 0.6) is 0 Å². The summed E-state index contributed by atoms with van der Waals surface area (Å²) >= 11 is 0. The summed E-state index contributed by atoms with van der Waals surface area (Å²) in [6, 6.07) is 8.03. The third kappa shape index (κ3) is 3.46. The highest BCUT2D eigenvalue weighted by molar-refractivity contribution is 5.66. The van der Waals surface area contributed by atoms with Gasteiger partial charge in [0, 0.05) is 31.4 Å². The van der Waals surface area contributed by atoms with Crippen molar-refractivity contribution in [3.63, 3.8) is 0 Å². The number of aryl methyl sites for hydroxylation is 2. The van der Waals surface area contributed by atoms with Crippen LogP contribution in [0.3, 0.4) is 0 Å². The lowest BCUT2D eigenvalue weighted by atomic mass is 10.2. The number of fused-ring (bicyclic) bond motifs is 2. The number of anilines is 1. The quantitative estimate of drug-likeness (QED) is 0.508. The SMILES string of the molecule is CCc1nc(C)cn2nc(-c3cc(=O)n4cc(N5CCC(N(C)C)C5)ccc4n3)cc12. The number of hydrogen-bond donors (Lipinski definition) is 0. The van der Waals surface area contributed by atoms with Gasteiger partial charge in [0.05, 0.1) is 34.5 Å². The van der Waals surface area contributed by atoms with Crippen LogP contribution in [0.4, 0.5) is 5.69 Å². The maximum atomic E-state index is 13.0. The first-order chi connectivity index (χ1) is 14.9. The smallest absolute Gasteiger partial charge is 0.258 e. The fourth-order valence-corrected chi connectivity index (χ4v) is 4.38. The summed E-state index contributed by atoms with van der Waals surface area (Å²) in [6.07, 6.45) is 5.74. The highest BCUT2D eigenvalue weighted by atomic mass is 16.1. The molecule has 4 aromatic heterocycles. The van der Waals surface area contributed by atoms with Crippen molar-refractivity contribution in [1.82, 2.24) is 28.9 Å². The number of hydrogen-bond acceptors (Lipinski definition) is 6. The van der Waals surface area contributed by atoms with Gasteiger partial charge < -0.3 is 9.80 Å². The Kier molecular flexibility index (Phi) is 4.74. The van der Waals surface area contributed by atoms with Crippen molar-refractivity contribution in [2.24, 2.45) is 0 Å². The van der Waals surface area contributed by atoms with E-state index in [0.717, 1.165) is 48.5 Å². The molecule has 5 rings (SSSR count). The standard InChI is InChI=1S/C23H27N7O/c1-5-18-21-10-20(26-30(21)12-15(2)24-18)19-11-23(31)29-14-17(6-7-22(29)25-19)28-9-8-16(13-28)27(3)4/h6-7,10-12,14,16H,5,8-9,13H2,1-4H3. The highest BCUT2D eigenvalue weighted by Gasteiger charge is 2.24. The first kappa shape index (κ1) is 19.7. The Morgan fingerprint density at radius 3 is 2.71 bits per heavy atom. The van der Waals surface area contributed by atoms with Gasteiger partial charge in [-0.1, -0.05) is 6.92 Å². The maximum absolute atomic E-state index is 13.0. The molecule has 160 valence electrons. The van der Waals surface area contributed by atoms with Gasteiger partial charge in [-0.2, -0.15) is 5.10 Å². The molecule has 4 aromatic rings. The van der Waals surface area contributed by atoms with Gasteiger partial charge in [-0.3, -0.25) is 14.2 Å². The van der Waals surface area contributed by atoms with Crippen LogP contribution in [0.15, 0.2) is 41.5 Å². The lowest BCUT2D eigenvalue weighted by Gasteiger charge is -2.22. The van der Waals surface area contributed by atoms with E-state index < -0.39 is 0 Å². The largest absolute Gasteiger partial charge is 0.369 e. The van der Waals surface area contributed by atoms with E-state index in [1.807, 2.05) is 36.0 Å². The van der Waals surface area contributed by atoms with Crippen LogP contribution >= 0.6 is 0 Å². The van der Waals surface area contributed by atoms with Crippen molar-refractivity contribution in [3.8, 4) is 11.4 Å². The molecule has 0 bridgehead atoms. The van der Waals surface area contributed by atoms with Crippen LogP contribution in [0.1, 0.15) is 24.7 Å². The van der Waals surface area contributed by atoms with Crippen LogP contribution in [0.25, 0.3) is 22.6 Å². The van der Waals surface area contributed by atoms with E-state index in [4.69, 9.17) is 4.98 Å². The lowest BCUT2D eigenvalue weighted by molar-refractivity contribution is 0.315. The summed E-state index contributed by atoms with van der Waals surface area (Å²) in [4.78, 5) is 26.9. The fraction of sp³-hybridized carbons (Fsp3) is 0.391. The minimum absolute atomic E-state index is 0.104. The van der Waals surface area contributed by atoms with Crippen LogP contribution in [-0.4, -0.2) is 62.1 Å². The maximum Gasteiger partial charge on any atom is 0.258 e. The highest BCUT2D eigenvalue weighted by Crippen LogP contribution is 2.24. The molecule has 8 nitrogen and oxygen atoms in total. The summed E-state index contributed by atoms with van der Waals surface area (Å²) in [6.45, 7) is 5.99. The zero-order chi connectivity index (χ0) is 21.7. The summed E-state index contributed by atoms with van der Waals surface area (Å²) in [5.74, 6) is 0. The van der Waals surface area contributed by atoms with Gasteiger partial charge in [-0.05, 0) is 52.1 Å². The zero-order valence-electron chi connectivity index (χ0n) is 18.4. The normalized spacial score (nSPS) is 16.8. The molecule has 1 saturated heterocycles. The monoisotopic (exact) mass is 417 g/mol. The molecule has 1 unspecified atom stereocenters. The van der Waals surface area contributed by atoms with Gasteiger partial charge in [-0.25, -0.2) is 9.50 Å². The van der Waals surface area contributed by atoms with Crippen LogP contribution in [0, 0.1) is 6.92 Å². The van der Waals surface area contributed by atoms with Crippen LogP contribution in [-0.2, 0) is 6.42 Å².